The highest BCUT2D eigenvalue weighted by atomic mass is 16.1. The molecule has 0 aromatic carbocycles. The maximum atomic E-state index is 10.3. The van der Waals surface area contributed by atoms with Crippen LogP contribution in [0.15, 0.2) is 6.07 Å². The molecule has 0 bridgehead atoms. The second kappa shape index (κ2) is 3.13. The van der Waals surface area contributed by atoms with E-state index in [-0.39, 0.29) is 0 Å². The monoisotopic (exact) mass is 163 g/mol. The number of fused-ring (bicyclic) bond motifs is 1. The molecule has 12 heavy (non-hydrogen) atoms. The Hall–Kier alpha value is -1.05. The Kier molecular flexibility index (Phi) is 1.98. The van der Waals surface area contributed by atoms with E-state index in [1.807, 2.05) is 0 Å². The lowest BCUT2D eigenvalue weighted by atomic mass is 9.98. The van der Waals surface area contributed by atoms with Crippen LogP contribution in [0.4, 0.5) is 0 Å². The van der Waals surface area contributed by atoms with Gasteiger partial charge in [0.25, 0.3) is 0 Å². The Morgan fingerprint density at radius 3 is 3.00 bits per heavy atom. The van der Waals surface area contributed by atoms with Crippen LogP contribution in [0.2, 0.25) is 0 Å². The molecule has 0 spiro atoms. The van der Waals surface area contributed by atoms with Gasteiger partial charge >= 0.3 is 0 Å². The zero-order valence-corrected chi connectivity index (χ0v) is 7.10. The Morgan fingerprint density at radius 2 is 2.25 bits per heavy atom. The molecule has 0 unspecified atom stereocenters. The lowest BCUT2D eigenvalue weighted by molar-refractivity contribution is -0.107. The van der Waals surface area contributed by atoms with Crippen molar-refractivity contribution in [2.45, 2.75) is 32.1 Å². The second-order valence-corrected chi connectivity index (χ2v) is 3.38. The fraction of sp³-hybridized carbons (Fsp3) is 0.500. The van der Waals surface area contributed by atoms with E-state index in [4.69, 9.17) is 0 Å². The van der Waals surface area contributed by atoms with Gasteiger partial charge in [0.2, 0.25) is 0 Å². The summed E-state index contributed by atoms with van der Waals surface area (Å²) in [5.41, 5.74) is 3.87. The maximum Gasteiger partial charge on any atom is 0.125 e. The molecule has 2 heteroatoms. The summed E-state index contributed by atoms with van der Waals surface area (Å²) in [5, 5.41) is 0. The number of hydrogen-bond donors (Lipinski definition) is 1. The summed E-state index contributed by atoms with van der Waals surface area (Å²) in [6, 6.07) is 2.14. The van der Waals surface area contributed by atoms with Crippen LogP contribution < -0.4 is 0 Å². The van der Waals surface area contributed by atoms with Crippen molar-refractivity contribution in [3.63, 3.8) is 0 Å². The van der Waals surface area contributed by atoms with E-state index in [2.05, 4.69) is 11.1 Å². The van der Waals surface area contributed by atoms with Gasteiger partial charge in [-0.3, -0.25) is 0 Å². The summed E-state index contributed by atoms with van der Waals surface area (Å²) in [4.78, 5) is 13.6. The van der Waals surface area contributed by atoms with E-state index in [0.717, 1.165) is 18.4 Å². The molecule has 1 heterocycles. The average Bonchev–Trinajstić information content (AvgIpc) is 2.47. The van der Waals surface area contributed by atoms with Crippen molar-refractivity contribution in [1.29, 1.82) is 0 Å². The zero-order chi connectivity index (χ0) is 8.39. The third-order valence-electron chi connectivity index (χ3n) is 2.47. The van der Waals surface area contributed by atoms with E-state index >= 15 is 0 Å². The molecular weight excluding hydrogens is 150 g/mol. The van der Waals surface area contributed by atoms with E-state index < -0.39 is 0 Å². The van der Waals surface area contributed by atoms with Gasteiger partial charge < -0.3 is 9.78 Å². The first-order valence-electron chi connectivity index (χ1n) is 4.53. The molecule has 1 N–H and O–H groups in total. The number of carbonyl (C=O) groups is 1. The van der Waals surface area contributed by atoms with Crippen LogP contribution in [0.3, 0.4) is 0 Å². The second-order valence-electron chi connectivity index (χ2n) is 3.38. The van der Waals surface area contributed by atoms with Gasteiger partial charge in [-0.25, -0.2) is 0 Å². The van der Waals surface area contributed by atoms with Crippen molar-refractivity contribution >= 4 is 6.29 Å². The normalized spacial score (nSPS) is 15.7. The lowest BCUT2D eigenvalue weighted by Gasteiger charge is -2.08. The molecule has 0 amide bonds. The first-order chi connectivity index (χ1) is 5.90. The summed E-state index contributed by atoms with van der Waals surface area (Å²) in [7, 11) is 0. The topological polar surface area (TPSA) is 32.9 Å². The van der Waals surface area contributed by atoms with Gasteiger partial charge in [0, 0.05) is 17.8 Å². The molecule has 1 aromatic heterocycles. The predicted molar refractivity (Wildman–Crippen MR) is 47.2 cm³/mol. The Labute approximate surface area is 72.0 Å². The van der Waals surface area contributed by atoms with Crippen LogP contribution in [0, 0.1) is 0 Å². The third-order valence-corrected chi connectivity index (χ3v) is 2.47. The number of aromatic nitrogens is 1. The highest BCUT2D eigenvalue weighted by Gasteiger charge is 2.11. The van der Waals surface area contributed by atoms with Gasteiger partial charge in [0.1, 0.15) is 6.29 Å². The fourth-order valence-electron chi connectivity index (χ4n) is 1.87. The molecule has 2 rings (SSSR count). The number of rotatable bonds is 2. The number of aromatic amines is 1. The minimum absolute atomic E-state index is 0.535. The summed E-state index contributed by atoms with van der Waals surface area (Å²) in [5.74, 6) is 0. The van der Waals surface area contributed by atoms with Crippen molar-refractivity contribution in [3.8, 4) is 0 Å². The van der Waals surface area contributed by atoms with E-state index in [0.29, 0.717) is 6.42 Å². The Bertz CT molecular complexity index is 265. The lowest BCUT2D eigenvalue weighted by Crippen LogP contribution is -1.99. The largest absolute Gasteiger partial charge is 0.362 e. The number of nitrogens with one attached hydrogen (secondary N) is 1. The van der Waals surface area contributed by atoms with Crippen molar-refractivity contribution in [1.82, 2.24) is 4.98 Å². The molecular formula is C10H13NO. The number of aryl methyl sites for hydroxylation is 2. The van der Waals surface area contributed by atoms with E-state index in [1.165, 1.54) is 30.5 Å². The molecule has 1 aliphatic carbocycles. The summed E-state index contributed by atoms with van der Waals surface area (Å²) in [6.45, 7) is 0. The van der Waals surface area contributed by atoms with Crippen molar-refractivity contribution < 1.29 is 4.79 Å². The highest BCUT2D eigenvalue weighted by molar-refractivity contribution is 5.54. The molecule has 64 valence electrons. The van der Waals surface area contributed by atoms with Crippen molar-refractivity contribution in [3.05, 3.63) is 23.0 Å². The fourth-order valence-corrected chi connectivity index (χ4v) is 1.87. The summed E-state index contributed by atoms with van der Waals surface area (Å²) >= 11 is 0. The van der Waals surface area contributed by atoms with Gasteiger partial charge in [-0.05, 0) is 37.3 Å². The minimum Gasteiger partial charge on any atom is -0.362 e. The van der Waals surface area contributed by atoms with Gasteiger partial charge in [-0.15, -0.1) is 0 Å². The van der Waals surface area contributed by atoms with E-state index in [9.17, 15) is 4.79 Å². The molecule has 0 saturated heterocycles. The van der Waals surface area contributed by atoms with Gasteiger partial charge in [0.15, 0.2) is 0 Å². The van der Waals surface area contributed by atoms with Crippen LogP contribution >= 0.6 is 0 Å². The van der Waals surface area contributed by atoms with E-state index in [1.54, 1.807) is 0 Å². The predicted octanol–water partition coefficient (Wildman–Crippen LogP) is 1.63. The van der Waals surface area contributed by atoms with Crippen molar-refractivity contribution in [2.24, 2.45) is 0 Å². The van der Waals surface area contributed by atoms with Crippen LogP contribution in [0.5, 0.6) is 0 Å². The van der Waals surface area contributed by atoms with Crippen molar-refractivity contribution in [2.75, 3.05) is 0 Å². The molecule has 2 nitrogen and oxygen atoms in total. The molecule has 0 saturated carbocycles. The number of carbonyl (C=O) groups excluding carboxylic acids is 1. The Balaban J connectivity index is 2.25. The van der Waals surface area contributed by atoms with Gasteiger partial charge in [0.05, 0.1) is 0 Å². The minimum atomic E-state index is 0.535. The number of aldehydes is 1. The third kappa shape index (κ3) is 1.29. The molecule has 0 atom stereocenters. The molecule has 0 aliphatic heterocycles. The van der Waals surface area contributed by atoms with Crippen LogP contribution in [-0.4, -0.2) is 11.3 Å². The van der Waals surface area contributed by atoms with Crippen LogP contribution in [0.25, 0.3) is 0 Å². The van der Waals surface area contributed by atoms with Gasteiger partial charge in [-0.2, -0.15) is 0 Å². The SMILES string of the molecule is O=CCc1cc2c([nH]1)CCCC2. The highest BCUT2D eigenvalue weighted by Crippen LogP contribution is 2.21. The average molecular weight is 163 g/mol. The van der Waals surface area contributed by atoms with Crippen LogP contribution in [-0.2, 0) is 24.1 Å². The van der Waals surface area contributed by atoms with Gasteiger partial charge in [-0.1, -0.05) is 0 Å². The van der Waals surface area contributed by atoms with Crippen LogP contribution in [0.1, 0.15) is 29.8 Å². The molecule has 0 fully saturated rings. The Morgan fingerprint density at radius 1 is 1.42 bits per heavy atom. The number of H-pyrrole nitrogens is 1. The molecule has 1 aliphatic rings. The maximum absolute atomic E-state index is 10.3. The summed E-state index contributed by atoms with van der Waals surface area (Å²) < 4.78 is 0. The zero-order valence-electron chi connectivity index (χ0n) is 7.10. The first kappa shape index (κ1) is 7.59. The number of hydrogen-bond acceptors (Lipinski definition) is 1. The molecule has 0 radical (unpaired) electrons. The first-order valence-corrected chi connectivity index (χ1v) is 4.53. The summed E-state index contributed by atoms with van der Waals surface area (Å²) in [6.07, 6.45) is 6.42. The smallest absolute Gasteiger partial charge is 0.125 e. The standard InChI is InChI=1S/C10H13NO/c12-6-5-9-7-8-3-1-2-4-10(8)11-9/h6-7,11H,1-5H2. The molecule has 1 aromatic rings. The quantitative estimate of drug-likeness (QED) is 0.660.